The van der Waals surface area contributed by atoms with Gasteiger partial charge in [0.2, 0.25) is 0 Å². The minimum atomic E-state index is -0.322. The fraction of sp³-hybridized carbons (Fsp3) is 0.310. The van der Waals surface area contributed by atoms with E-state index in [1.54, 1.807) is 0 Å². The Morgan fingerprint density at radius 2 is 1.43 bits per heavy atom. The smallest absolute Gasteiger partial charge is 0.251 e. The van der Waals surface area contributed by atoms with Crippen LogP contribution in [0.1, 0.15) is 41.4 Å². The molecule has 35 heavy (non-hydrogen) atoms. The largest absolute Gasteiger partial charge is 0.363 e. The van der Waals surface area contributed by atoms with Gasteiger partial charge in [-0.2, -0.15) is 0 Å². The molecule has 3 aromatic rings. The number of carbonyl (C=O) groups is 1. The summed E-state index contributed by atoms with van der Waals surface area (Å²) in [5.74, 6) is -0.0695. The van der Waals surface area contributed by atoms with E-state index in [1.165, 1.54) is 11.1 Å². The molecular formula is C29H32ClN3OS. The molecule has 4 nitrogen and oxygen atoms in total. The van der Waals surface area contributed by atoms with Gasteiger partial charge >= 0.3 is 0 Å². The molecule has 0 radical (unpaired) electrons. The molecule has 0 aromatic heterocycles. The Labute approximate surface area is 218 Å². The molecule has 1 aliphatic rings. The highest BCUT2D eigenvalue weighted by Gasteiger charge is 2.33. The molecule has 1 N–H and O–H groups in total. The first-order valence-electron chi connectivity index (χ1n) is 12.0. The number of piperazine rings is 1. The third-order valence-electron chi connectivity index (χ3n) is 6.57. The Kier molecular flexibility index (Phi) is 8.22. The maximum atomic E-state index is 12.5. The molecule has 4 rings (SSSR count). The van der Waals surface area contributed by atoms with E-state index in [1.807, 2.05) is 42.5 Å². The summed E-state index contributed by atoms with van der Waals surface area (Å²) in [4.78, 5) is 18.2. The average Bonchev–Trinajstić information content (AvgIpc) is 2.90. The average molecular weight is 506 g/mol. The van der Waals surface area contributed by atoms with Gasteiger partial charge in [-0.1, -0.05) is 98.3 Å². The molecule has 1 amide bonds. The summed E-state index contributed by atoms with van der Waals surface area (Å²) in [5.41, 5.74) is 2.85. The van der Waals surface area contributed by atoms with E-state index in [0.29, 0.717) is 12.1 Å². The quantitative estimate of drug-likeness (QED) is 0.410. The summed E-state index contributed by atoms with van der Waals surface area (Å²) < 4.78 is 0. The van der Waals surface area contributed by atoms with Gasteiger partial charge in [0.15, 0.2) is 0 Å². The normalized spacial score (nSPS) is 15.5. The molecule has 1 saturated heterocycles. The number of rotatable bonds is 7. The molecule has 0 spiro atoms. The molecule has 1 aliphatic heterocycles. The van der Waals surface area contributed by atoms with E-state index in [4.69, 9.17) is 23.8 Å². The van der Waals surface area contributed by atoms with Crippen LogP contribution in [0.2, 0.25) is 5.02 Å². The summed E-state index contributed by atoms with van der Waals surface area (Å²) in [6.45, 7) is 8.21. The topological polar surface area (TPSA) is 35.6 Å². The van der Waals surface area contributed by atoms with Crippen molar-refractivity contribution in [2.75, 3.05) is 32.7 Å². The summed E-state index contributed by atoms with van der Waals surface area (Å²) in [7, 11) is 0. The Bertz CT molecular complexity index is 1130. The van der Waals surface area contributed by atoms with E-state index >= 15 is 0 Å². The number of hydrogen-bond donors (Lipinski definition) is 1. The monoisotopic (exact) mass is 505 g/mol. The zero-order chi connectivity index (χ0) is 24.8. The molecule has 1 heterocycles. The first kappa shape index (κ1) is 25.4. The van der Waals surface area contributed by atoms with Crippen LogP contribution in [0.25, 0.3) is 0 Å². The third-order valence-corrected chi connectivity index (χ3v) is 7.64. The van der Waals surface area contributed by atoms with Crippen molar-refractivity contribution in [2.24, 2.45) is 5.41 Å². The lowest BCUT2D eigenvalue weighted by Gasteiger charge is -2.43. The lowest BCUT2D eigenvalue weighted by atomic mass is 9.91. The fourth-order valence-electron chi connectivity index (χ4n) is 4.57. The summed E-state index contributed by atoms with van der Waals surface area (Å²) in [6.07, 6.45) is 0. The highest BCUT2D eigenvalue weighted by Crippen LogP contribution is 2.31. The van der Waals surface area contributed by atoms with E-state index in [2.05, 4.69) is 71.4 Å². The number of benzene rings is 3. The molecule has 1 unspecified atom stereocenters. The van der Waals surface area contributed by atoms with Gasteiger partial charge in [-0.15, -0.1) is 0 Å². The van der Waals surface area contributed by atoms with Crippen LogP contribution in [0, 0.1) is 5.41 Å². The van der Waals surface area contributed by atoms with Gasteiger partial charge in [0.25, 0.3) is 5.91 Å². The highest BCUT2D eigenvalue weighted by molar-refractivity contribution is 7.80. The molecule has 1 fully saturated rings. The van der Waals surface area contributed by atoms with Crippen LogP contribution < -0.4 is 5.32 Å². The number of carbonyl (C=O) groups excluding carboxylic acids is 1. The van der Waals surface area contributed by atoms with Crippen molar-refractivity contribution in [3.05, 3.63) is 107 Å². The maximum absolute atomic E-state index is 12.5. The molecule has 182 valence electrons. The molecule has 0 aliphatic carbocycles. The van der Waals surface area contributed by atoms with Gasteiger partial charge in [0.05, 0.1) is 11.0 Å². The van der Waals surface area contributed by atoms with Gasteiger partial charge < -0.3 is 10.2 Å². The first-order chi connectivity index (χ1) is 16.8. The van der Waals surface area contributed by atoms with Gasteiger partial charge in [0, 0.05) is 48.7 Å². The molecular weight excluding hydrogens is 474 g/mol. The van der Waals surface area contributed by atoms with Crippen LogP contribution in [0.3, 0.4) is 0 Å². The van der Waals surface area contributed by atoms with Crippen LogP contribution in [0.5, 0.6) is 0 Å². The lowest BCUT2D eigenvalue weighted by Crippen LogP contribution is -2.54. The summed E-state index contributed by atoms with van der Waals surface area (Å²) in [6, 6.07) is 28.3. The lowest BCUT2D eigenvalue weighted by molar-refractivity contribution is 0.0942. The molecule has 3 aromatic carbocycles. The predicted molar refractivity (Wildman–Crippen MR) is 148 cm³/mol. The van der Waals surface area contributed by atoms with Crippen molar-refractivity contribution in [1.82, 2.24) is 15.1 Å². The molecule has 0 bridgehead atoms. The number of amides is 1. The standard InChI is InChI=1S/C29H32ClN3OS/c1-29(2,21-31-27(34)24-11-7-4-8-12-24)28(35)33-19-17-32(18-20-33)26(22-9-5-3-6-10-22)23-13-15-25(30)16-14-23/h3-16,26H,17-21H2,1-2H3,(H,31,34). The van der Waals surface area contributed by atoms with E-state index < -0.39 is 0 Å². The van der Waals surface area contributed by atoms with Crippen LogP contribution in [0.4, 0.5) is 0 Å². The van der Waals surface area contributed by atoms with Crippen molar-refractivity contribution in [1.29, 1.82) is 0 Å². The Balaban J connectivity index is 1.40. The van der Waals surface area contributed by atoms with Crippen LogP contribution in [0.15, 0.2) is 84.9 Å². The van der Waals surface area contributed by atoms with E-state index in [0.717, 1.165) is 36.2 Å². The molecule has 1 atom stereocenters. The second kappa shape index (κ2) is 11.3. The van der Waals surface area contributed by atoms with Crippen LogP contribution in [-0.4, -0.2) is 53.4 Å². The first-order valence-corrected chi connectivity index (χ1v) is 12.8. The van der Waals surface area contributed by atoms with Gasteiger partial charge in [-0.3, -0.25) is 9.69 Å². The zero-order valence-corrected chi connectivity index (χ0v) is 21.9. The molecule has 6 heteroatoms. The second-order valence-electron chi connectivity index (χ2n) is 9.63. The number of thiocarbonyl (C=S) groups is 1. The number of halogens is 1. The van der Waals surface area contributed by atoms with Crippen molar-refractivity contribution in [2.45, 2.75) is 19.9 Å². The highest BCUT2D eigenvalue weighted by atomic mass is 35.5. The fourth-order valence-corrected chi connectivity index (χ4v) is 4.95. The minimum Gasteiger partial charge on any atom is -0.363 e. The third kappa shape index (κ3) is 6.29. The Hall–Kier alpha value is -2.73. The Morgan fingerprint density at radius 3 is 2.03 bits per heavy atom. The zero-order valence-electron chi connectivity index (χ0n) is 20.3. The minimum absolute atomic E-state index is 0.0695. The van der Waals surface area contributed by atoms with E-state index in [9.17, 15) is 4.79 Å². The number of hydrogen-bond acceptors (Lipinski definition) is 3. The summed E-state index contributed by atoms with van der Waals surface area (Å²) >= 11 is 12.1. The van der Waals surface area contributed by atoms with E-state index in [-0.39, 0.29) is 17.4 Å². The van der Waals surface area contributed by atoms with Gasteiger partial charge in [0.1, 0.15) is 0 Å². The number of nitrogens with one attached hydrogen (secondary N) is 1. The van der Waals surface area contributed by atoms with Crippen molar-refractivity contribution in [3.8, 4) is 0 Å². The van der Waals surface area contributed by atoms with Gasteiger partial charge in [-0.05, 0) is 35.4 Å². The van der Waals surface area contributed by atoms with Crippen molar-refractivity contribution < 1.29 is 4.79 Å². The van der Waals surface area contributed by atoms with Crippen LogP contribution in [-0.2, 0) is 0 Å². The summed E-state index contributed by atoms with van der Waals surface area (Å²) in [5, 5.41) is 3.81. The van der Waals surface area contributed by atoms with Crippen LogP contribution >= 0.6 is 23.8 Å². The number of nitrogens with zero attached hydrogens (tertiary/aromatic N) is 2. The van der Waals surface area contributed by atoms with Crippen molar-refractivity contribution in [3.63, 3.8) is 0 Å². The maximum Gasteiger partial charge on any atom is 0.251 e. The second-order valence-corrected chi connectivity index (χ2v) is 10.4. The molecule has 0 saturated carbocycles. The SMILES string of the molecule is CC(C)(CNC(=O)c1ccccc1)C(=S)N1CCN(C(c2ccccc2)c2ccc(Cl)cc2)CC1. The predicted octanol–water partition coefficient (Wildman–Crippen LogP) is 5.83. The Morgan fingerprint density at radius 1 is 0.886 bits per heavy atom. The van der Waals surface area contributed by atoms with Crippen molar-refractivity contribution >= 4 is 34.7 Å². The van der Waals surface area contributed by atoms with Gasteiger partial charge in [-0.25, -0.2) is 0 Å².